The fraction of sp³-hybridized carbons (Fsp3) is 0.333. The highest BCUT2D eigenvalue weighted by Gasteiger charge is 2.24. The van der Waals surface area contributed by atoms with Crippen LogP contribution in [0.3, 0.4) is 0 Å². The van der Waals surface area contributed by atoms with Gasteiger partial charge in [0.25, 0.3) is 0 Å². The van der Waals surface area contributed by atoms with Gasteiger partial charge in [-0.2, -0.15) is 0 Å². The Labute approximate surface area is 156 Å². The number of fused-ring (bicyclic) bond motifs is 1. The van der Waals surface area contributed by atoms with E-state index in [2.05, 4.69) is 0 Å². The maximum Gasteiger partial charge on any atom is 0.419 e. The first-order chi connectivity index (χ1) is 13.1. The van der Waals surface area contributed by atoms with Crippen LogP contribution in [0.2, 0.25) is 0 Å². The number of carbonyl (C=O) groups is 1. The molecule has 2 heterocycles. The van der Waals surface area contributed by atoms with Gasteiger partial charge in [0.15, 0.2) is 5.58 Å². The van der Waals surface area contributed by atoms with Crippen molar-refractivity contribution in [3.05, 3.63) is 64.6 Å². The number of rotatable bonds is 4. The van der Waals surface area contributed by atoms with Crippen LogP contribution >= 0.6 is 0 Å². The summed E-state index contributed by atoms with van der Waals surface area (Å²) < 4.78 is 6.74. The standard InChI is InChI=1S/C21H22N2O4/c24-17-7-5-15(6-8-17)16-9-12-22(13-10-16)20(25)11-14-23-18-3-1-2-4-19(18)27-21(23)26/h1-8,16,24H,9-14H2. The molecule has 0 saturated carbocycles. The number of likely N-dealkylation sites (tertiary alicyclic amines) is 1. The molecule has 2 aromatic carbocycles. The Balaban J connectivity index is 1.35. The molecule has 0 unspecified atom stereocenters. The van der Waals surface area contributed by atoms with Crippen LogP contribution in [0.1, 0.15) is 30.7 Å². The first-order valence-electron chi connectivity index (χ1n) is 9.27. The summed E-state index contributed by atoms with van der Waals surface area (Å²) in [4.78, 5) is 26.5. The van der Waals surface area contributed by atoms with Gasteiger partial charge >= 0.3 is 5.76 Å². The molecule has 140 valence electrons. The van der Waals surface area contributed by atoms with E-state index in [0.717, 1.165) is 18.4 Å². The molecule has 3 aromatic rings. The van der Waals surface area contributed by atoms with Crippen molar-refractivity contribution in [1.29, 1.82) is 0 Å². The van der Waals surface area contributed by atoms with Crippen molar-refractivity contribution in [2.24, 2.45) is 0 Å². The van der Waals surface area contributed by atoms with E-state index in [9.17, 15) is 14.7 Å². The quantitative estimate of drug-likeness (QED) is 0.770. The molecule has 1 aromatic heterocycles. The summed E-state index contributed by atoms with van der Waals surface area (Å²) in [7, 11) is 0. The van der Waals surface area contributed by atoms with Crippen LogP contribution in [0, 0.1) is 0 Å². The van der Waals surface area contributed by atoms with Crippen LogP contribution in [0.5, 0.6) is 5.75 Å². The maximum atomic E-state index is 12.6. The Morgan fingerprint density at radius 1 is 1.07 bits per heavy atom. The predicted octanol–water partition coefficient (Wildman–Crippen LogP) is 3.10. The van der Waals surface area contributed by atoms with Crippen LogP contribution in [-0.4, -0.2) is 33.6 Å². The number of aryl methyl sites for hydroxylation is 1. The number of oxazole rings is 1. The molecule has 1 N–H and O–H groups in total. The Morgan fingerprint density at radius 3 is 2.52 bits per heavy atom. The Morgan fingerprint density at radius 2 is 1.78 bits per heavy atom. The zero-order valence-corrected chi connectivity index (χ0v) is 15.0. The number of benzene rings is 2. The third kappa shape index (κ3) is 3.60. The van der Waals surface area contributed by atoms with Gasteiger partial charge in [-0.15, -0.1) is 0 Å². The van der Waals surface area contributed by atoms with Gasteiger partial charge in [-0.05, 0) is 48.6 Å². The molecular formula is C21H22N2O4. The van der Waals surface area contributed by atoms with Crippen LogP contribution < -0.4 is 5.76 Å². The highest BCUT2D eigenvalue weighted by molar-refractivity contribution is 5.77. The molecule has 0 radical (unpaired) electrons. The third-order valence-corrected chi connectivity index (χ3v) is 5.34. The summed E-state index contributed by atoms with van der Waals surface area (Å²) >= 11 is 0. The topological polar surface area (TPSA) is 75.7 Å². The summed E-state index contributed by atoms with van der Waals surface area (Å²) in [5, 5.41) is 9.41. The van der Waals surface area contributed by atoms with Crippen LogP contribution in [0.15, 0.2) is 57.7 Å². The van der Waals surface area contributed by atoms with Gasteiger partial charge in [0.2, 0.25) is 5.91 Å². The minimum absolute atomic E-state index is 0.0661. The minimum atomic E-state index is -0.421. The van der Waals surface area contributed by atoms with Crippen molar-refractivity contribution in [1.82, 2.24) is 9.47 Å². The number of para-hydroxylation sites is 2. The van der Waals surface area contributed by atoms with Gasteiger partial charge in [0.05, 0.1) is 5.52 Å². The Kier molecular flexibility index (Phi) is 4.71. The smallest absolute Gasteiger partial charge is 0.419 e. The van der Waals surface area contributed by atoms with Gasteiger partial charge < -0.3 is 14.4 Å². The number of hydrogen-bond donors (Lipinski definition) is 1. The van der Waals surface area contributed by atoms with Gasteiger partial charge in [0, 0.05) is 26.1 Å². The second kappa shape index (κ2) is 7.31. The molecule has 1 aliphatic heterocycles. The molecule has 1 saturated heterocycles. The van der Waals surface area contributed by atoms with E-state index >= 15 is 0 Å². The minimum Gasteiger partial charge on any atom is -0.508 e. The van der Waals surface area contributed by atoms with Crippen molar-refractivity contribution in [3.8, 4) is 5.75 Å². The second-order valence-electron chi connectivity index (χ2n) is 6.98. The van der Waals surface area contributed by atoms with E-state index in [1.165, 1.54) is 10.1 Å². The molecule has 0 atom stereocenters. The van der Waals surface area contributed by atoms with Gasteiger partial charge in [-0.1, -0.05) is 24.3 Å². The lowest BCUT2D eigenvalue weighted by atomic mass is 9.89. The largest absolute Gasteiger partial charge is 0.508 e. The molecule has 1 fully saturated rings. The molecular weight excluding hydrogens is 344 g/mol. The molecule has 0 aliphatic carbocycles. The number of phenols is 1. The summed E-state index contributed by atoms with van der Waals surface area (Å²) in [5.74, 6) is 0.329. The molecule has 1 amide bonds. The molecule has 0 spiro atoms. The Bertz CT molecular complexity index is 995. The van der Waals surface area contributed by atoms with Crippen LogP contribution in [0.4, 0.5) is 0 Å². The zero-order valence-electron chi connectivity index (χ0n) is 15.0. The summed E-state index contributed by atoms with van der Waals surface area (Å²) in [5.41, 5.74) is 2.47. The van der Waals surface area contributed by atoms with E-state index in [4.69, 9.17) is 4.42 Å². The van der Waals surface area contributed by atoms with E-state index in [1.54, 1.807) is 18.2 Å². The molecule has 1 aliphatic rings. The maximum absolute atomic E-state index is 12.6. The summed E-state index contributed by atoms with van der Waals surface area (Å²) in [6.07, 6.45) is 2.10. The average Bonchev–Trinajstić information content (AvgIpc) is 3.02. The highest BCUT2D eigenvalue weighted by atomic mass is 16.4. The Hall–Kier alpha value is -3.02. The van der Waals surface area contributed by atoms with Crippen molar-refractivity contribution < 1.29 is 14.3 Å². The van der Waals surface area contributed by atoms with E-state index in [0.29, 0.717) is 31.1 Å². The number of phenolic OH excluding ortho intramolecular Hbond substituents is 1. The summed E-state index contributed by atoms with van der Waals surface area (Å²) in [6, 6.07) is 14.6. The van der Waals surface area contributed by atoms with Crippen molar-refractivity contribution in [2.45, 2.75) is 31.7 Å². The SMILES string of the molecule is O=C(CCn1c(=O)oc2ccccc21)N1CCC(c2ccc(O)cc2)CC1. The first-order valence-corrected chi connectivity index (χ1v) is 9.27. The lowest BCUT2D eigenvalue weighted by Crippen LogP contribution is -2.38. The molecule has 4 rings (SSSR count). The number of aromatic hydroxyl groups is 1. The second-order valence-corrected chi connectivity index (χ2v) is 6.98. The fourth-order valence-corrected chi connectivity index (χ4v) is 3.80. The summed E-state index contributed by atoms with van der Waals surface area (Å²) in [6.45, 7) is 1.75. The zero-order chi connectivity index (χ0) is 18.8. The van der Waals surface area contributed by atoms with Gasteiger partial charge in [-0.25, -0.2) is 4.79 Å². The number of amides is 1. The van der Waals surface area contributed by atoms with Crippen molar-refractivity contribution in [2.75, 3.05) is 13.1 Å². The number of aromatic nitrogens is 1. The van der Waals surface area contributed by atoms with E-state index < -0.39 is 5.76 Å². The average molecular weight is 366 g/mol. The number of piperidine rings is 1. The molecule has 27 heavy (non-hydrogen) atoms. The first kappa shape index (κ1) is 17.4. The predicted molar refractivity (Wildman–Crippen MR) is 102 cm³/mol. The number of hydrogen-bond acceptors (Lipinski definition) is 4. The van der Waals surface area contributed by atoms with E-state index in [1.807, 2.05) is 35.2 Å². The van der Waals surface area contributed by atoms with Gasteiger partial charge in [0.1, 0.15) is 5.75 Å². The molecule has 6 nitrogen and oxygen atoms in total. The number of carbonyl (C=O) groups excluding carboxylic acids is 1. The normalized spacial score (nSPS) is 15.3. The van der Waals surface area contributed by atoms with Crippen LogP contribution in [0.25, 0.3) is 11.1 Å². The van der Waals surface area contributed by atoms with E-state index in [-0.39, 0.29) is 18.1 Å². The van der Waals surface area contributed by atoms with Crippen molar-refractivity contribution in [3.63, 3.8) is 0 Å². The monoisotopic (exact) mass is 366 g/mol. The fourth-order valence-electron chi connectivity index (χ4n) is 3.80. The third-order valence-electron chi connectivity index (χ3n) is 5.34. The lowest BCUT2D eigenvalue weighted by molar-refractivity contribution is -0.132. The van der Waals surface area contributed by atoms with Gasteiger partial charge in [-0.3, -0.25) is 9.36 Å². The van der Waals surface area contributed by atoms with Crippen LogP contribution in [-0.2, 0) is 11.3 Å². The highest BCUT2D eigenvalue weighted by Crippen LogP contribution is 2.29. The number of nitrogens with zero attached hydrogens (tertiary/aromatic N) is 2. The molecule has 6 heteroatoms. The van der Waals surface area contributed by atoms with Crippen molar-refractivity contribution >= 4 is 17.0 Å². The lowest BCUT2D eigenvalue weighted by Gasteiger charge is -2.32. The molecule has 0 bridgehead atoms.